The average molecular weight is 231 g/mol. The van der Waals surface area contributed by atoms with E-state index in [1.807, 2.05) is 13.8 Å². The van der Waals surface area contributed by atoms with E-state index in [2.05, 4.69) is 9.82 Å². The van der Waals surface area contributed by atoms with Crippen LogP contribution in [-0.4, -0.2) is 24.7 Å². The Bertz CT molecular complexity index is 434. The summed E-state index contributed by atoms with van der Waals surface area (Å²) >= 11 is 0. The molecule has 0 aromatic carbocycles. The lowest BCUT2D eigenvalue weighted by atomic mass is 10.1. The van der Waals surface area contributed by atoms with Crippen molar-refractivity contribution in [2.45, 2.75) is 31.6 Å². The second-order valence-corrected chi connectivity index (χ2v) is 5.44. The Morgan fingerprint density at radius 3 is 2.60 bits per heavy atom. The van der Waals surface area contributed by atoms with E-state index < -0.39 is 10.0 Å². The molecule has 86 valence electrons. The molecule has 6 heteroatoms. The Labute approximate surface area is 90.5 Å². The van der Waals surface area contributed by atoms with Crippen molar-refractivity contribution < 1.29 is 8.42 Å². The highest BCUT2D eigenvalue weighted by Gasteiger charge is 2.22. The number of aryl methyl sites for hydroxylation is 1. The molecule has 0 saturated carbocycles. The quantitative estimate of drug-likeness (QED) is 0.835. The van der Waals surface area contributed by atoms with Gasteiger partial charge in [-0.05, 0) is 5.92 Å². The van der Waals surface area contributed by atoms with Gasteiger partial charge in [-0.1, -0.05) is 20.8 Å². The molecule has 1 aromatic rings. The maximum Gasteiger partial charge on any atom is 0.243 e. The molecular formula is C9H17N3O2S. The Hall–Kier alpha value is -0.880. The predicted octanol–water partition coefficient (Wildman–Crippen LogP) is 0.842. The minimum atomic E-state index is -3.40. The first-order valence-corrected chi connectivity index (χ1v) is 6.40. The lowest BCUT2D eigenvalue weighted by molar-refractivity contribution is 0.581. The smallest absolute Gasteiger partial charge is 0.243 e. The highest BCUT2D eigenvalue weighted by atomic mass is 32.2. The molecular weight excluding hydrogens is 214 g/mol. The SMILES string of the molecule is CCNS(=O)(=O)c1cn(C)nc1C(C)C. The van der Waals surface area contributed by atoms with Crippen molar-refractivity contribution in [2.24, 2.45) is 7.05 Å². The fourth-order valence-corrected chi connectivity index (χ4v) is 2.74. The predicted molar refractivity (Wildman–Crippen MR) is 58.2 cm³/mol. The van der Waals surface area contributed by atoms with Crippen molar-refractivity contribution in [1.29, 1.82) is 0 Å². The zero-order valence-corrected chi connectivity index (χ0v) is 10.3. The van der Waals surface area contributed by atoms with E-state index in [-0.39, 0.29) is 10.8 Å². The molecule has 5 nitrogen and oxygen atoms in total. The summed E-state index contributed by atoms with van der Waals surface area (Å²) in [5.74, 6) is 0.0923. The fraction of sp³-hybridized carbons (Fsp3) is 0.667. The second-order valence-electron chi connectivity index (χ2n) is 3.71. The number of hydrogen-bond donors (Lipinski definition) is 1. The zero-order chi connectivity index (χ0) is 11.6. The molecule has 1 N–H and O–H groups in total. The molecule has 0 bridgehead atoms. The number of hydrogen-bond acceptors (Lipinski definition) is 3. The van der Waals surface area contributed by atoms with Crippen molar-refractivity contribution in [3.8, 4) is 0 Å². The summed E-state index contributed by atoms with van der Waals surface area (Å²) < 4.78 is 27.6. The van der Waals surface area contributed by atoms with Gasteiger partial charge in [0.2, 0.25) is 10.0 Å². The van der Waals surface area contributed by atoms with Gasteiger partial charge in [0.25, 0.3) is 0 Å². The maximum atomic E-state index is 11.8. The first-order valence-electron chi connectivity index (χ1n) is 4.91. The molecule has 0 amide bonds. The third-order valence-corrected chi connectivity index (χ3v) is 3.56. The van der Waals surface area contributed by atoms with Gasteiger partial charge >= 0.3 is 0 Å². The molecule has 0 aliphatic carbocycles. The molecule has 0 aliphatic heterocycles. The molecule has 0 atom stereocenters. The van der Waals surface area contributed by atoms with Crippen LogP contribution in [0.1, 0.15) is 32.4 Å². The monoisotopic (exact) mass is 231 g/mol. The molecule has 0 spiro atoms. The summed E-state index contributed by atoms with van der Waals surface area (Å²) in [6.45, 7) is 5.98. The van der Waals surface area contributed by atoms with Crippen molar-refractivity contribution in [1.82, 2.24) is 14.5 Å². The number of nitrogens with zero attached hydrogens (tertiary/aromatic N) is 2. The molecule has 0 saturated heterocycles. The summed E-state index contributed by atoms with van der Waals surface area (Å²) in [5, 5.41) is 4.16. The number of sulfonamides is 1. The van der Waals surface area contributed by atoms with Crippen LogP contribution in [0.15, 0.2) is 11.1 Å². The van der Waals surface area contributed by atoms with Gasteiger partial charge in [0.05, 0.1) is 5.69 Å². The van der Waals surface area contributed by atoms with Crippen molar-refractivity contribution >= 4 is 10.0 Å². The topological polar surface area (TPSA) is 64.0 Å². The van der Waals surface area contributed by atoms with E-state index in [0.717, 1.165) is 0 Å². The van der Waals surface area contributed by atoms with Crippen molar-refractivity contribution in [2.75, 3.05) is 6.54 Å². The molecule has 0 aliphatic rings. The molecule has 1 rings (SSSR count). The number of nitrogens with one attached hydrogen (secondary N) is 1. The highest BCUT2D eigenvalue weighted by Crippen LogP contribution is 2.21. The van der Waals surface area contributed by atoms with E-state index in [9.17, 15) is 8.42 Å². The second kappa shape index (κ2) is 4.32. The van der Waals surface area contributed by atoms with Crippen LogP contribution in [0.25, 0.3) is 0 Å². The van der Waals surface area contributed by atoms with Gasteiger partial charge in [0.1, 0.15) is 4.90 Å². The van der Waals surface area contributed by atoms with Crippen molar-refractivity contribution in [3.63, 3.8) is 0 Å². The van der Waals surface area contributed by atoms with Crippen LogP contribution in [0.3, 0.4) is 0 Å². The first-order chi connectivity index (χ1) is 6.88. The molecule has 1 aromatic heterocycles. The van der Waals surface area contributed by atoms with E-state index in [0.29, 0.717) is 12.2 Å². The highest BCUT2D eigenvalue weighted by molar-refractivity contribution is 7.89. The Morgan fingerprint density at radius 2 is 2.13 bits per heavy atom. The molecule has 0 fully saturated rings. The Morgan fingerprint density at radius 1 is 1.53 bits per heavy atom. The normalized spacial score (nSPS) is 12.3. The minimum absolute atomic E-state index is 0.0923. The largest absolute Gasteiger partial charge is 0.274 e. The van der Waals surface area contributed by atoms with Crippen LogP contribution in [0, 0.1) is 0 Å². The van der Waals surface area contributed by atoms with Crippen LogP contribution in [0.4, 0.5) is 0 Å². The van der Waals surface area contributed by atoms with Gasteiger partial charge in [-0.2, -0.15) is 5.10 Å². The van der Waals surface area contributed by atoms with Crippen LogP contribution in [0.5, 0.6) is 0 Å². The third kappa shape index (κ3) is 2.57. The van der Waals surface area contributed by atoms with Crippen LogP contribution < -0.4 is 4.72 Å². The van der Waals surface area contributed by atoms with E-state index in [4.69, 9.17) is 0 Å². The van der Waals surface area contributed by atoms with Gasteiger partial charge < -0.3 is 0 Å². The molecule has 0 radical (unpaired) electrons. The Balaban J connectivity index is 3.24. The zero-order valence-electron chi connectivity index (χ0n) is 9.48. The van der Waals surface area contributed by atoms with Gasteiger partial charge in [0, 0.05) is 19.8 Å². The van der Waals surface area contributed by atoms with Gasteiger partial charge in [0.15, 0.2) is 0 Å². The number of aromatic nitrogens is 2. The van der Waals surface area contributed by atoms with Gasteiger partial charge in [-0.3, -0.25) is 4.68 Å². The standard InChI is InChI=1S/C9H17N3O2S/c1-5-10-15(13,14)8-6-12(4)11-9(8)7(2)3/h6-7,10H,5H2,1-4H3. The first kappa shape index (κ1) is 12.2. The molecule has 0 unspecified atom stereocenters. The van der Waals surface area contributed by atoms with Crippen molar-refractivity contribution in [3.05, 3.63) is 11.9 Å². The van der Waals surface area contributed by atoms with E-state index in [1.54, 1.807) is 14.0 Å². The van der Waals surface area contributed by atoms with Crippen LogP contribution in [-0.2, 0) is 17.1 Å². The summed E-state index contributed by atoms with van der Waals surface area (Å²) in [7, 11) is -1.68. The van der Waals surface area contributed by atoms with Crippen LogP contribution in [0.2, 0.25) is 0 Å². The summed E-state index contributed by atoms with van der Waals surface area (Å²) in [4.78, 5) is 0.279. The lowest BCUT2D eigenvalue weighted by Crippen LogP contribution is -2.24. The summed E-state index contributed by atoms with van der Waals surface area (Å²) in [6.07, 6.45) is 1.54. The fourth-order valence-electron chi connectivity index (χ4n) is 1.36. The average Bonchev–Trinajstić information content (AvgIpc) is 2.47. The van der Waals surface area contributed by atoms with E-state index in [1.165, 1.54) is 10.9 Å². The molecule has 1 heterocycles. The maximum absolute atomic E-state index is 11.8. The Kier molecular flexibility index (Phi) is 3.51. The van der Waals surface area contributed by atoms with Crippen LogP contribution >= 0.6 is 0 Å². The number of rotatable bonds is 4. The lowest BCUT2D eigenvalue weighted by Gasteiger charge is -2.06. The summed E-state index contributed by atoms with van der Waals surface area (Å²) in [5.41, 5.74) is 0.610. The van der Waals surface area contributed by atoms with E-state index >= 15 is 0 Å². The van der Waals surface area contributed by atoms with Gasteiger partial charge in [-0.25, -0.2) is 13.1 Å². The summed E-state index contributed by atoms with van der Waals surface area (Å²) in [6, 6.07) is 0. The molecule has 15 heavy (non-hydrogen) atoms. The van der Waals surface area contributed by atoms with Gasteiger partial charge in [-0.15, -0.1) is 0 Å². The third-order valence-electron chi connectivity index (χ3n) is 1.99. The minimum Gasteiger partial charge on any atom is -0.274 e.